The van der Waals surface area contributed by atoms with Crippen LogP contribution in [-0.2, 0) is 17.6 Å². The molecule has 0 saturated heterocycles. The number of anilines is 2. The second-order valence-electron chi connectivity index (χ2n) is 8.94. The van der Waals surface area contributed by atoms with E-state index >= 15 is 0 Å². The van der Waals surface area contributed by atoms with Gasteiger partial charge in [-0.3, -0.25) is 14.5 Å². The fraction of sp³-hybridized carbons (Fsp3) is 0.400. The van der Waals surface area contributed by atoms with E-state index in [4.69, 9.17) is 4.98 Å². The van der Waals surface area contributed by atoms with E-state index < -0.39 is 0 Å². The van der Waals surface area contributed by atoms with Crippen molar-refractivity contribution in [3.63, 3.8) is 0 Å². The predicted molar refractivity (Wildman–Crippen MR) is 135 cm³/mol. The molecule has 0 radical (unpaired) electrons. The molecule has 1 aliphatic heterocycles. The number of rotatable bonds is 6. The van der Waals surface area contributed by atoms with Crippen LogP contribution in [0.5, 0.6) is 0 Å². The first-order chi connectivity index (χ1) is 15.2. The van der Waals surface area contributed by atoms with Crippen LogP contribution in [0.3, 0.4) is 0 Å². The third-order valence-corrected chi connectivity index (χ3v) is 6.25. The number of aromatic nitrogens is 3. The number of fused-ring (bicyclic) bond motifs is 1. The lowest BCUT2D eigenvalue weighted by Crippen LogP contribution is -2.49. The van der Waals surface area contributed by atoms with Gasteiger partial charge >= 0.3 is 0 Å². The molecule has 0 bridgehead atoms. The minimum atomic E-state index is -0.236. The summed E-state index contributed by atoms with van der Waals surface area (Å²) in [4.78, 5) is 19.3. The van der Waals surface area contributed by atoms with Gasteiger partial charge in [0.25, 0.3) is 0 Å². The Hall–Kier alpha value is -2.87. The first-order valence-electron chi connectivity index (χ1n) is 11.1. The number of carbonyl (C=O) groups excluding carboxylic acids is 1. The van der Waals surface area contributed by atoms with Crippen molar-refractivity contribution in [2.75, 3.05) is 17.3 Å². The van der Waals surface area contributed by atoms with E-state index in [1.165, 1.54) is 12.1 Å². The molecule has 0 spiro atoms. The minimum absolute atomic E-state index is 0. The van der Waals surface area contributed by atoms with Gasteiger partial charge < -0.3 is 10.2 Å². The number of pyridine rings is 1. The number of hydrogen-bond donors (Lipinski definition) is 1. The number of nitrogens with zero attached hydrogens (tertiary/aromatic N) is 4. The van der Waals surface area contributed by atoms with E-state index in [9.17, 15) is 9.18 Å². The van der Waals surface area contributed by atoms with Crippen molar-refractivity contribution >= 4 is 30.8 Å². The van der Waals surface area contributed by atoms with Crippen LogP contribution in [0.25, 0.3) is 0 Å². The monoisotopic (exact) mass is 469 g/mol. The number of carbonyl (C=O) groups is 1. The number of hydrogen-bond acceptors (Lipinski definition) is 4. The molecular weight excluding hydrogens is 437 g/mol. The maximum atomic E-state index is 13.2. The van der Waals surface area contributed by atoms with Gasteiger partial charge in [-0.1, -0.05) is 26.0 Å². The molecule has 0 saturated carbocycles. The molecule has 6 nitrogen and oxygen atoms in total. The van der Waals surface area contributed by atoms with Crippen LogP contribution in [0, 0.1) is 18.7 Å². The van der Waals surface area contributed by atoms with Crippen LogP contribution in [0.4, 0.5) is 15.8 Å². The normalized spacial score (nSPS) is 16.3. The molecule has 4 rings (SSSR count). The maximum absolute atomic E-state index is 13.2. The summed E-state index contributed by atoms with van der Waals surface area (Å²) in [5.41, 5.74) is 5.79. The highest BCUT2D eigenvalue weighted by Gasteiger charge is 2.34. The molecule has 2 atom stereocenters. The van der Waals surface area contributed by atoms with Crippen molar-refractivity contribution in [2.45, 2.75) is 52.6 Å². The lowest BCUT2D eigenvalue weighted by molar-refractivity contribution is -0.118. The van der Waals surface area contributed by atoms with Crippen molar-refractivity contribution in [2.24, 2.45) is 5.92 Å². The summed E-state index contributed by atoms with van der Waals surface area (Å²) in [5.74, 6) is -0.00535. The molecule has 1 N–H and O–H groups in total. The zero-order chi connectivity index (χ0) is 23.0. The number of aryl methyl sites for hydroxylation is 3. The van der Waals surface area contributed by atoms with Gasteiger partial charge in [-0.25, -0.2) is 4.39 Å². The van der Waals surface area contributed by atoms with Crippen LogP contribution in [-0.4, -0.2) is 33.8 Å². The summed E-state index contributed by atoms with van der Waals surface area (Å²) in [6, 6.07) is 8.46. The molecule has 2 aromatic heterocycles. The van der Waals surface area contributed by atoms with Gasteiger partial charge in [0.05, 0.1) is 29.3 Å². The molecule has 0 unspecified atom stereocenters. The van der Waals surface area contributed by atoms with Crippen LogP contribution in [0.15, 0.2) is 42.7 Å². The fourth-order valence-electron chi connectivity index (χ4n) is 4.44. The van der Waals surface area contributed by atoms with Gasteiger partial charge in [0.1, 0.15) is 11.9 Å². The van der Waals surface area contributed by atoms with Crippen LogP contribution in [0.1, 0.15) is 49.3 Å². The quantitative estimate of drug-likeness (QED) is 0.571. The fourth-order valence-corrected chi connectivity index (χ4v) is 4.44. The number of likely N-dealkylation sites (N-methyl/N-ethyl adjacent to an activating group) is 1. The number of halogens is 1. The largest absolute Gasteiger partial charge is 0.361 e. The SMILES string of the molecule is Cc1nc(CCc2cnn([C@H](C)c3ccc(F)cc3)c2)cc2c1NC(=O)[C@H](C(C)C)N2C.S. The maximum Gasteiger partial charge on any atom is 0.247 e. The smallest absolute Gasteiger partial charge is 0.247 e. The highest BCUT2D eigenvalue weighted by Crippen LogP contribution is 2.35. The number of nitrogens with one attached hydrogen (secondary N) is 1. The Bertz CT molecular complexity index is 1130. The Labute approximate surface area is 201 Å². The molecule has 1 amide bonds. The highest BCUT2D eigenvalue weighted by molar-refractivity contribution is 7.59. The molecule has 0 fully saturated rings. The molecule has 33 heavy (non-hydrogen) atoms. The van der Waals surface area contributed by atoms with E-state index in [1.54, 1.807) is 12.1 Å². The van der Waals surface area contributed by atoms with Gasteiger partial charge in [-0.2, -0.15) is 18.6 Å². The number of amides is 1. The number of benzene rings is 1. The average Bonchev–Trinajstić information content (AvgIpc) is 3.22. The molecule has 3 aromatic rings. The van der Waals surface area contributed by atoms with Crippen molar-refractivity contribution in [3.05, 3.63) is 71.1 Å². The van der Waals surface area contributed by atoms with Crippen molar-refractivity contribution in [1.82, 2.24) is 14.8 Å². The van der Waals surface area contributed by atoms with Crippen molar-refractivity contribution < 1.29 is 9.18 Å². The van der Waals surface area contributed by atoms with E-state index in [-0.39, 0.29) is 43.2 Å². The molecule has 1 aromatic carbocycles. The summed E-state index contributed by atoms with van der Waals surface area (Å²) in [6.07, 6.45) is 5.51. The van der Waals surface area contributed by atoms with E-state index in [0.717, 1.165) is 46.7 Å². The summed E-state index contributed by atoms with van der Waals surface area (Å²) in [6.45, 7) is 8.11. The lowest BCUT2D eigenvalue weighted by Gasteiger charge is -2.38. The Balaban J connectivity index is 0.00000306. The van der Waals surface area contributed by atoms with Gasteiger partial charge in [0.15, 0.2) is 0 Å². The first-order valence-corrected chi connectivity index (χ1v) is 11.1. The Kier molecular flexibility index (Phi) is 7.47. The van der Waals surface area contributed by atoms with Crippen LogP contribution < -0.4 is 10.2 Å². The van der Waals surface area contributed by atoms with Gasteiger partial charge in [0.2, 0.25) is 5.91 Å². The Morgan fingerprint density at radius 3 is 2.52 bits per heavy atom. The Morgan fingerprint density at radius 2 is 1.85 bits per heavy atom. The van der Waals surface area contributed by atoms with Crippen molar-refractivity contribution in [1.29, 1.82) is 0 Å². The molecule has 3 heterocycles. The lowest BCUT2D eigenvalue weighted by atomic mass is 9.97. The summed E-state index contributed by atoms with van der Waals surface area (Å²) >= 11 is 0. The molecule has 0 aliphatic carbocycles. The standard InChI is InChI=1S/C25H30FN5O.H2S/c1-15(2)24-25(32)29-23-16(3)28-21(12-22(23)30(24)5)11-6-18-13-27-31(14-18)17(4)19-7-9-20(26)10-8-19;/h7-10,12-15,17,24H,6,11H2,1-5H3,(H,29,32);1H2/t17-,24+;/m1./s1. The summed E-state index contributed by atoms with van der Waals surface area (Å²) in [5, 5.41) is 7.56. The average molecular weight is 470 g/mol. The molecule has 8 heteroatoms. The highest BCUT2D eigenvalue weighted by atomic mass is 32.1. The predicted octanol–water partition coefficient (Wildman–Crippen LogP) is 4.65. The first kappa shape index (κ1) is 24.8. The topological polar surface area (TPSA) is 63.1 Å². The minimum Gasteiger partial charge on any atom is -0.361 e. The summed E-state index contributed by atoms with van der Waals surface area (Å²) in [7, 11) is 1.98. The van der Waals surface area contributed by atoms with Gasteiger partial charge in [-0.05, 0) is 61.9 Å². The Morgan fingerprint density at radius 1 is 1.15 bits per heavy atom. The van der Waals surface area contributed by atoms with E-state index in [1.807, 2.05) is 38.0 Å². The second kappa shape index (κ2) is 9.95. The van der Waals surface area contributed by atoms with Crippen LogP contribution >= 0.6 is 13.5 Å². The van der Waals surface area contributed by atoms with Crippen LogP contribution in [0.2, 0.25) is 0 Å². The summed E-state index contributed by atoms with van der Waals surface area (Å²) < 4.78 is 15.1. The van der Waals surface area contributed by atoms with Gasteiger partial charge in [0, 0.05) is 18.9 Å². The van der Waals surface area contributed by atoms with E-state index in [2.05, 4.69) is 35.2 Å². The molecule has 1 aliphatic rings. The third-order valence-electron chi connectivity index (χ3n) is 6.25. The zero-order valence-electron chi connectivity index (χ0n) is 19.8. The van der Waals surface area contributed by atoms with Crippen molar-refractivity contribution in [3.8, 4) is 0 Å². The van der Waals surface area contributed by atoms with Gasteiger partial charge in [-0.15, -0.1) is 0 Å². The van der Waals surface area contributed by atoms with E-state index in [0.29, 0.717) is 0 Å². The molecule has 176 valence electrons. The molecular formula is C25H32FN5OS. The zero-order valence-corrected chi connectivity index (χ0v) is 20.8. The third kappa shape index (κ3) is 5.05. The second-order valence-corrected chi connectivity index (χ2v) is 8.94.